The number of hydrogen-bond acceptors (Lipinski definition) is 3. The fraction of sp³-hybridized carbons (Fsp3) is 0.913. The Hall–Kier alpha value is -1.01. The largest absolute Gasteiger partial charge is 1.00 e. The number of quaternary nitrogens is 1. The van der Waals surface area contributed by atoms with Gasteiger partial charge in [-0.05, 0) is 6.42 Å². The van der Waals surface area contributed by atoms with Gasteiger partial charge in [-0.1, -0.05) is 77.6 Å². The molecule has 0 aromatic heterocycles. The summed E-state index contributed by atoms with van der Waals surface area (Å²) in [5.41, 5.74) is 0. The van der Waals surface area contributed by atoms with Crippen LogP contribution in [0.4, 0.5) is 4.79 Å². The number of unbranched alkanes of at least 4 members (excludes halogenated alkanes) is 11. The van der Waals surface area contributed by atoms with Crippen molar-refractivity contribution in [2.24, 2.45) is 0 Å². The van der Waals surface area contributed by atoms with Gasteiger partial charge < -0.3 is 32.3 Å². The van der Waals surface area contributed by atoms with Crippen LogP contribution in [0.5, 0.6) is 0 Å². The Labute approximate surface area is 191 Å². The van der Waals surface area contributed by atoms with Crippen molar-refractivity contribution in [3.05, 3.63) is 0 Å². The first kappa shape index (κ1) is 31.2. The highest BCUT2D eigenvalue weighted by Gasteiger charge is 2.23. The van der Waals surface area contributed by atoms with Crippen LogP contribution < -0.4 is 23.0 Å². The number of likely N-dealkylation sites (N-methyl/N-ethyl adjacent to an activating group) is 1. The molecule has 0 aliphatic heterocycles. The van der Waals surface area contributed by atoms with Crippen LogP contribution in [-0.2, 0) is 9.53 Å². The van der Waals surface area contributed by atoms with Crippen LogP contribution in [0.1, 0.15) is 90.4 Å². The number of halogens is 1. The third-order valence-corrected chi connectivity index (χ3v) is 5.06. The number of esters is 1. The molecule has 0 saturated carbocycles. The summed E-state index contributed by atoms with van der Waals surface area (Å²) in [6.07, 6.45) is 15.9. The minimum atomic E-state index is -0.301. The lowest BCUT2D eigenvalue weighted by molar-refractivity contribution is -0.871. The molecule has 0 saturated heterocycles. The van der Waals surface area contributed by atoms with Crippen LogP contribution in [0.25, 0.3) is 0 Å². The lowest BCUT2D eigenvalue weighted by Gasteiger charge is -2.29. The van der Waals surface area contributed by atoms with E-state index in [9.17, 15) is 9.59 Å². The summed E-state index contributed by atoms with van der Waals surface area (Å²) in [6, 6.07) is -0.431. The highest BCUT2D eigenvalue weighted by molar-refractivity contribution is 5.76. The maximum absolute atomic E-state index is 12.1. The molecule has 6 nitrogen and oxygen atoms in total. The molecule has 2 N–H and O–H groups in total. The van der Waals surface area contributed by atoms with Gasteiger partial charge >= 0.3 is 12.0 Å². The number of hydrogen-bond donors (Lipinski definition) is 2. The molecule has 0 bridgehead atoms. The normalized spacial score (nSPS) is 12.0. The number of nitrogens with zero attached hydrogens (tertiary/aromatic N) is 1. The Kier molecular flexibility index (Phi) is 20.7. The molecule has 0 heterocycles. The van der Waals surface area contributed by atoms with Crippen LogP contribution >= 0.6 is 0 Å². The summed E-state index contributed by atoms with van der Waals surface area (Å²) in [5, 5.41) is 5.83. The first-order chi connectivity index (χ1) is 13.8. The smallest absolute Gasteiger partial charge is 0.315 e. The van der Waals surface area contributed by atoms with E-state index in [1.807, 2.05) is 21.1 Å². The van der Waals surface area contributed by atoms with E-state index in [2.05, 4.69) is 17.6 Å². The maximum atomic E-state index is 12.1. The summed E-state index contributed by atoms with van der Waals surface area (Å²) in [4.78, 5) is 23.7. The zero-order valence-electron chi connectivity index (χ0n) is 20.2. The Bertz CT molecular complexity index is 428. The van der Waals surface area contributed by atoms with Gasteiger partial charge in [0.2, 0.25) is 0 Å². The molecule has 7 heteroatoms. The summed E-state index contributed by atoms with van der Waals surface area (Å²) >= 11 is 0. The molecule has 0 spiro atoms. The van der Waals surface area contributed by atoms with Gasteiger partial charge in [0.05, 0.1) is 47.3 Å². The molecule has 0 aliphatic rings. The first-order valence-corrected chi connectivity index (χ1v) is 11.7. The molecule has 1 atom stereocenters. The van der Waals surface area contributed by atoms with Crippen LogP contribution in [0, 0.1) is 0 Å². The third-order valence-electron chi connectivity index (χ3n) is 5.06. The van der Waals surface area contributed by atoms with Gasteiger partial charge in [-0.3, -0.25) is 4.79 Å². The van der Waals surface area contributed by atoms with Crippen LogP contribution in [-0.4, -0.2) is 63.9 Å². The van der Waals surface area contributed by atoms with Gasteiger partial charge in [-0.15, -0.1) is 0 Å². The molecule has 180 valence electrons. The quantitative estimate of drug-likeness (QED) is 0.190. The van der Waals surface area contributed by atoms with E-state index >= 15 is 0 Å². The van der Waals surface area contributed by atoms with E-state index in [1.165, 1.54) is 71.3 Å². The lowest BCUT2D eigenvalue weighted by Crippen LogP contribution is -3.00. The van der Waals surface area contributed by atoms with Gasteiger partial charge in [0, 0.05) is 6.54 Å². The first-order valence-electron chi connectivity index (χ1n) is 11.7. The van der Waals surface area contributed by atoms with Gasteiger partial charge in [0.1, 0.15) is 0 Å². The number of urea groups is 1. The van der Waals surface area contributed by atoms with Crippen molar-refractivity contribution in [2.75, 3.05) is 41.3 Å². The van der Waals surface area contributed by atoms with E-state index in [1.54, 1.807) is 0 Å². The fourth-order valence-electron chi connectivity index (χ4n) is 3.51. The van der Waals surface area contributed by atoms with Crippen molar-refractivity contribution >= 4 is 12.0 Å². The number of carbonyl (C=O) groups is 2. The number of methoxy groups -OCH3 is 1. The summed E-state index contributed by atoms with van der Waals surface area (Å²) in [6.45, 7) is 3.61. The van der Waals surface area contributed by atoms with Gasteiger partial charge in [0.15, 0.2) is 0 Å². The van der Waals surface area contributed by atoms with Gasteiger partial charge in [0.25, 0.3) is 0 Å². The topological polar surface area (TPSA) is 67.4 Å². The van der Waals surface area contributed by atoms with Crippen molar-refractivity contribution in [3.8, 4) is 0 Å². The average Bonchev–Trinajstić information content (AvgIpc) is 2.64. The summed E-state index contributed by atoms with van der Waals surface area (Å²) in [5.74, 6) is -0.301. The lowest BCUT2D eigenvalue weighted by atomic mass is 10.1. The maximum Gasteiger partial charge on any atom is 0.315 e. The zero-order chi connectivity index (χ0) is 22.0. The Balaban J connectivity index is 0. The molecule has 2 amide bonds. The molecule has 0 rings (SSSR count). The highest BCUT2D eigenvalue weighted by Crippen LogP contribution is 2.11. The molecule has 0 aromatic carbocycles. The van der Waals surface area contributed by atoms with Crippen molar-refractivity contribution < 1.29 is 31.2 Å². The SMILES string of the molecule is CCCCCCCCCCCCCCNC(=O)N[C@H](CC(=O)OC)C[N+](C)(C)C.[Cl-]. The van der Waals surface area contributed by atoms with Crippen LogP contribution in [0.15, 0.2) is 0 Å². The number of nitrogens with one attached hydrogen (secondary N) is 2. The molecule has 0 radical (unpaired) electrons. The monoisotopic (exact) mass is 449 g/mol. The molecule has 0 unspecified atom stereocenters. The zero-order valence-corrected chi connectivity index (χ0v) is 21.0. The molecule has 0 fully saturated rings. The number of carbonyl (C=O) groups excluding carboxylic acids is 2. The average molecular weight is 450 g/mol. The van der Waals surface area contributed by atoms with E-state index in [0.717, 1.165) is 12.8 Å². The van der Waals surface area contributed by atoms with Gasteiger partial charge in [-0.2, -0.15) is 0 Å². The molecule has 0 aromatic rings. The predicted octanol–water partition coefficient (Wildman–Crippen LogP) is 1.63. The fourth-order valence-corrected chi connectivity index (χ4v) is 3.51. The molecular formula is C23H48ClN3O3. The van der Waals surface area contributed by atoms with E-state index in [-0.39, 0.29) is 36.9 Å². The van der Waals surface area contributed by atoms with E-state index in [4.69, 9.17) is 4.74 Å². The highest BCUT2D eigenvalue weighted by atomic mass is 35.5. The standard InChI is InChI=1S/C23H47N3O3.ClH/c1-6-7-8-9-10-11-12-13-14-15-16-17-18-24-23(28)25-21(19-22(27)29-5)20-26(2,3)4;/h21H,6-20H2,1-5H3,(H-,24,25,28);1H/t21-;/m1./s1. The third kappa shape index (κ3) is 21.7. The summed E-state index contributed by atoms with van der Waals surface area (Å²) in [7, 11) is 7.49. The van der Waals surface area contributed by atoms with Gasteiger partial charge in [-0.25, -0.2) is 4.79 Å². The number of amides is 2. The predicted molar refractivity (Wildman–Crippen MR) is 121 cm³/mol. The Morgan fingerprint density at radius 1 is 0.833 bits per heavy atom. The Morgan fingerprint density at radius 2 is 1.30 bits per heavy atom. The van der Waals surface area contributed by atoms with Crippen molar-refractivity contribution in [1.82, 2.24) is 10.6 Å². The van der Waals surface area contributed by atoms with Crippen molar-refractivity contribution in [1.29, 1.82) is 0 Å². The molecular weight excluding hydrogens is 402 g/mol. The second-order valence-electron chi connectivity index (χ2n) is 9.24. The van der Waals surface area contributed by atoms with E-state index in [0.29, 0.717) is 17.6 Å². The number of rotatable bonds is 18. The van der Waals surface area contributed by atoms with Crippen LogP contribution in [0.2, 0.25) is 0 Å². The minimum Gasteiger partial charge on any atom is -1.00 e. The number of ether oxygens (including phenoxy) is 1. The second kappa shape index (κ2) is 19.9. The summed E-state index contributed by atoms with van der Waals surface area (Å²) < 4.78 is 5.41. The van der Waals surface area contributed by atoms with Crippen molar-refractivity contribution in [3.63, 3.8) is 0 Å². The minimum absolute atomic E-state index is 0. The van der Waals surface area contributed by atoms with E-state index < -0.39 is 0 Å². The Morgan fingerprint density at radius 3 is 1.73 bits per heavy atom. The second-order valence-corrected chi connectivity index (χ2v) is 9.24. The molecule has 30 heavy (non-hydrogen) atoms. The molecule has 0 aliphatic carbocycles. The van der Waals surface area contributed by atoms with Crippen LogP contribution in [0.3, 0.4) is 0 Å². The van der Waals surface area contributed by atoms with Crippen molar-refractivity contribution in [2.45, 2.75) is 96.4 Å².